The van der Waals surface area contributed by atoms with Gasteiger partial charge in [-0.1, -0.05) is 57.4 Å². The number of aromatic nitrogens is 2. The van der Waals surface area contributed by atoms with E-state index in [0.717, 1.165) is 68.0 Å². The van der Waals surface area contributed by atoms with Crippen molar-refractivity contribution in [2.24, 2.45) is 11.3 Å². The van der Waals surface area contributed by atoms with E-state index in [9.17, 15) is 9.59 Å². The lowest BCUT2D eigenvalue weighted by Gasteiger charge is -2.45. The number of nitrogens with one attached hydrogen (secondary N) is 2. The summed E-state index contributed by atoms with van der Waals surface area (Å²) in [6, 6.07) is 20.5. The van der Waals surface area contributed by atoms with E-state index in [-0.39, 0.29) is 29.1 Å². The van der Waals surface area contributed by atoms with E-state index in [1.807, 2.05) is 35.4 Å². The topological polar surface area (TPSA) is 90.6 Å². The molecule has 2 amide bonds. The number of fused-ring (bicyclic) bond motifs is 1. The van der Waals surface area contributed by atoms with Gasteiger partial charge >= 0.3 is 0 Å². The number of H-pyrrole nitrogens is 1. The summed E-state index contributed by atoms with van der Waals surface area (Å²) in [6.07, 6.45) is 8.15. The first-order chi connectivity index (χ1) is 22.8. The largest absolute Gasteiger partial charge is 0.378 e. The molecule has 7 rings (SSSR count). The van der Waals surface area contributed by atoms with Crippen LogP contribution in [0.3, 0.4) is 0 Å². The van der Waals surface area contributed by atoms with Crippen molar-refractivity contribution in [1.29, 1.82) is 0 Å². The first-order valence-corrected chi connectivity index (χ1v) is 17.3. The molecule has 4 aromatic rings. The van der Waals surface area contributed by atoms with Crippen LogP contribution in [0.1, 0.15) is 75.1 Å². The number of hydrogen-bond donors (Lipinski definition) is 2. The lowest BCUT2D eigenvalue weighted by molar-refractivity contribution is -0.149. The first-order valence-electron chi connectivity index (χ1n) is 17.3. The van der Waals surface area contributed by atoms with Crippen LogP contribution in [0.15, 0.2) is 73.1 Å². The van der Waals surface area contributed by atoms with Crippen LogP contribution < -0.4 is 10.2 Å². The highest BCUT2D eigenvalue weighted by atomic mass is 16.5. The number of para-hydroxylation sites is 1. The molecule has 2 atom stereocenters. The predicted octanol–water partition coefficient (Wildman–Crippen LogP) is 7.21. The second kappa shape index (κ2) is 12.8. The van der Waals surface area contributed by atoms with Gasteiger partial charge in [-0.25, -0.2) is 0 Å². The van der Waals surface area contributed by atoms with E-state index in [4.69, 9.17) is 4.74 Å². The zero-order valence-electron chi connectivity index (χ0n) is 27.9. The Bertz CT molecular complexity index is 1720. The van der Waals surface area contributed by atoms with E-state index >= 15 is 0 Å². The summed E-state index contributed by atoms with van der Waals surface area (Å²) < 4.78 is 5.51. The van der Waals surface area contributed by atoms with Crippen LogP contribution >= 0.6 is 0 Å². The Balaban J connectivity index is 1.17. The molecule has 8 heteroatoms. The minimum Gasteiger partial charge on any atom is -0.378 e. The van der Waals surface area contributed by atoms with Crippen LogP contribution in [0.5, 0.6) is 0 Å². The number of carbonyl (C=O) groups excluding carboxylic acids is 2. The number of hydrogen-bond acceptors (Lipinski definition) is 5. The van der Waals surface area contributed by atoms with Gasteiger partial charge in [0.15, 0.2) is 0 Å². The number of anilines is 2. The third kappa shape index (κ3) is 6.04. The number of morpholine rings is 1. The highest BCUT2D eigenvalue weighted by molar-refractivity contribution is 6.01. The van der Waals surface area contributed by atoms with E-state index < -0.39 is 5.54 Å². The normalized spacial score (nSPS) is 21.7. The van der Waals surface area contributed by atoms with Crippen LogP contribution in [0, 0.1) is 18.3 Å². The zero-order chi connectivity index (χ0) is 32.6. The molecule has 3 fully saturated rings. The van der Waals surface area contributed by atoms with Crippen LogP contribution in [0.25, 0.3) is 10.9 Å². The number of carbonyl (C=O) groups is 2. The third-order valence-electron chi connectivity index (χ3n) is 11.2. The molecule has 2 N–H and O–H groups in total. The Hall–Kier alpha value is -4.17. The monoisotopic (exact) mass is 633 g/mol. The maximum Gasteiger partial charge on any atom is 0.250 e. The summed E-state index contributed by atoms with van der Waals surface area (Å²) in [5.74, 6) is 0.406. The molecule has 8 nitrogen and oxygen atoms in total. The van der Waals surface area contributed by atoms with Gasteiger partial charge in [-0.2, -0.15) is 0 Å². The van der Waals surface area contributed by atoms with Gasteiger partial charge in [0.1, 0.15) is 5.54 Å². The van der Waals surface area contributed by atoms with E-state index in [1.54, 1.807) is 6.20 Å². The number of pyridine rings is 1. The lowest BCUT2D eigenvalue weighted by atomic mass is 9.78. The molecule has 0 bridgehead atoms. The molecule has 2 saturated carbocycles. The van der Waals surface area contributed by atoms with Crippen molar-refractivity contribution >= 4 is 34.1 Å². The van der Waals surface area contributed by atoms with Crippen molar-refractivity contribution in [3.05, 3.63) is 89.9 Å². The second-order valence-electron chi connectivity index (χ2n) is 14.4. The predicted molar refractivity (Wildman–Crippen MR) is 186 cm³/mol. The molecule has 246 valence electrons. The van der Waals surface area contributed by atoms with Crippen LogP contribution in [-0.2, 0) is 20.9 Å². The summed E-state index contributed by atoms with van der Waals surface area (Å²) in [6.45, 7) is 10.2. The van der Waals surface area contributed by atoms with Gasteiger partial charge in [-0.05, 0) is 84.5 Å². The zero-order valence-corrected chi connectivity index (χ0v) is 27.9. The molecular formula is C39H47N5O3. The number of benzene rings is 2. The molecule has 47 heavy (non-hydrogen) atoms. The second-order valence-corrected chi connectivity index (χ2v) is 14.4. The van der Waals surface area contributed by atoms with Crippen LogP contribution in [0.2, 0.25) is 0 Å². The maximum atomic E-state index is 14.7. The molecule has 2 aromatic heterocycles. The highest BCUT2D eigenvalue weighted by Crippen LogP contribution is 2.67. The standard InChI is InChI=1S/C39H47N5O3/c1-27-35(31-11-5-6-12-33(31)41-27)36-32(38(36,2)3)24-34(45)44(26-28-10-9-19-40-25-28)39(17-7-4-8-18-39)37(46)42-29-13-15-30(16-14-29)43-20-22-47-23-21-43/h5-6,9-16,19,25,32,36,41H,4,7-8,17-18,20-24,26H2,1-3H3,(H,42,46). The molecule has 2 aliphatic carbocycles. The average Bonchev–Trinajstić information content (AvgIpc) is 3.44. The minimum absolute atomic E-state index is 0.0322. The number of rotatable bonds is 9. The van der Waals surface area contributed by atoms with Crippen molar-refractivity contribution in [1.82, 2.24) is 14.9 Å². The maximum absolute atomic E-state index is 14.7. The minimum atomic E-state index is -0.931. The smallest absolute Gasteiger partial charge is 0.250 e. The molecule has 2 unspecified atom stereocenters. The SMILES string of the molecule is Cc1[nH]c2ccccc2c1C1C(CC(=O)N(Cc2cccnc2)C2(C(=O)Nc3ccc(N4CCOCC4)cc3)CCCCC2)C1(C)C. The first kappa shape index (κ1) is 31.4. The fourth-order valence-corrected chi connectivity index (χ4v) is 8.43. The van der Waals surface area contributed by atoms with Crippen LogP contribution in [0.4, 0.5) is 11.4 Å². The Morgan fingerprint density at radius 3 is 2.47 bits per heavy atom. The molecule has 0 spiro atoms. The number of amides is 2. The Morgan fingerprint density at radius 1 is 1.00 bits per heavy atom. The van der Waals surface area contributed by atoms with Gasteiger partial charge in [-0.15, -0.1) is 0 Å². The Labute approximate surface area is 277 Å². The summed E-state index contributed by atoms with van der Waals surface area (Å²) in [4.78, 5) is 41.4. The molecule has 3 heterocycles. The third-order valence-corrected chi connectivity index (χ3v) is 11.2. The fraction of sp³-hybridized carbons (Fsp3) is 0.462. The van der Waals surface area contributed by atoms with E-state index in [2.05, 4.69) is 77.4 Å². The van der Waals surface area contributed by atoms with Gasteiger partial charge in [0.2, 0.25) is 11.8 Å². The van der Waals surface area contributed by atoms with Crippen molar-refractivity contribution < 1.29 is 14.3 Å². The molecule has 0 radical (unpaired) electrons. The summed E-state index contributed by atoms with van der Waals surface area (Å²) in [5.41, 5.74) is 5.49. The highest BCUT2D eigenvalue weighted by Gasteiger charge is 2.60. The van der Waals surface area contributed by atoms with Crippen LogP contribution in [-0.4, -0.2) is 58.5 Å². The summed E-state index contributed by atoms with van der Waals surface area (Å²) in [5, 5.41) is 4.50. The number of aromatic amines is 1. The summed E-state index contributed by atoms with van der Waals surface area (Å²) >= 11 is 0. The Morgan fingerprint density at radius 2 is 1.74 bits per heavy atom. The van der Waals surface area contributed by atoms with Gasteiger partial charge in [0.05, 0.1) is 13.2 Å². The van der Waals surface area contributed by atoms with Gasteiger partial charge in [0, 0.05) is 66.4 Å². The van der Waals surface area contributed by atoms with Gasteiger partial charge in [0.25, 0.3) is 0 Å². The van der Waals surface area contributed by atoms with Gasteiger partial charge in [-0.3, -0.25) is 14.6 Å². The van der Waals surface area contributed by atoms with Crippen molar-refractivity contribution in [2.45, 2.75) is 77.3 Å². The van der Waals surface area contributed by atoms with E-state index in [0.29, 0.717) is 25.8 Å². The van der Waals surface area contributed by atoms with Crippen molar-refractivity contribution in [3.63, 3.8) is 0 Å². The number of ether oxygens (including phenoxy) is 1. The van der Waals surface area contributed by atoms with Crippen molar-refractivity contribution in [3.8, 4) is 0 Å². The Kier molecular flexibility index (Phi) is 8.56. The fourth-order valence-electron chi connectivity index (χ4n) is 8.43. The molecule has 2 aromatic carbocycles. The number of nitrogens with zero attached hydrogens (tertiary/aromatic N) is 3. The quantitative estimate of drug-likeness (QED) is 0.203. The molecule has 1 saturated heterocycles. The van der Waals surface area contributed by atoms with Crippen molar-refractivity contribution in [2.75, 3.05) is 36.5 Å². The average molecular weight is 634 g/mol. The lowest BCUT2D eigenvalue weighted by Crippen LogP contribution is -2.59. The molecular weight excluding hydrogens is 586 g/mol. The molecule has 1 aliphatic heterocycles. The van der Waals surface area contributed by atoms with E-state index in [1.165, 1.54) is 16.6 Å². The summed E-state index contributed by atoms with van der Waals surface area (Å²) in [7, 11) is 0. The molecule has 3 aliphatic rings. The number of aryl methyl sites for hydroxylation is 1. The van der Waals surface area contributed by atoms with Gasteiger partial charge < -0.3 is 24.8 Å².